The van der Waals surface area contributed by atoms with Gasteiger partial charge in [0.25, 0.3) is 8.32 Å². The molecule has 0 saturated carbocycles. The Kier molecular flexibility index (Phi) is 6.13. The molecule has 0 amide bonds. The van der Waals surface area contributed by atoms with Crippen LogP contribution in [0.2, 0.25) is 24.8 Å². The first kappa shape index (κ1) is 20.1. The van der Waals surface area contributed by atoms with E-state index >= 15 is 0 Å². The molecule has 0 heterocycles. The van der Waals surface area contributed by atoms with Crippen LogP contribution in [0.3, 0.4) is 0 Å². The van der Waals surface area contributed by atoms with Gasteiger partial charge in [-0.3, -0.25) is 0 Å². The van der Waals surface area contributed by atoms with Crippen molar-refractivity contribution in [3.05, 3.63) is 60.7 Å². The number of rotatable bonds is 6. The second kappa shape index (κ2) is 7.60. The van der Waals surface area contributed by atoms with Gasteiger partial charge in [0.15, 0.2) is 0 Å². The molecule has 1 atom stereocenters. The maximum absolute atomic E-state index is 6.62. The molecule has 0 spiro atoms. The number of benzene rings is 2. The average molecular weight is 371 g/mol. The molecule has 0 bridgehead atoms. The lowest BCUT2D eigenvalue weighted by Crippen LogP contribution is -2.68. The van der Waals surface area contributed by atoms with Gasteiger partial charge < -0.3 is 4.43 Å². The van der Waals surface area contributed by atoms with Gasteiger partial charge in [-0.2, -0.15) is 0 Å². The zero-order chi connectivity index (χ0) is 18.7. The van der Waals surface area contributed by atoms with Crippen molar-refractivity contribution in [3.8, 4) is 0 Å². The zero-order valence-corrected chi connectivity index (χ0v) is 19.0. The highest BCUT2D eigenvalue weighted by atomic mass is 28.4. The van der Waals surface area contributed by atoms with Crippen LogP contribution in [-0.4, -0.2) is 23.5 Å². The van der Waals surface area contributed by atoms with Crippen LogP contribution >= 0.6 is 0 Å². The lowest BCUT2D eigenvalue weighted by atomic mass is 9.93. The summed E-state index contributed by atoms with van der Waals surface area (Å²) in [6.07, 6.45) is 1.20. The summed E-state index contributed by atoms with van der Waals surface area (Å²) >= 11 is 0. The summed E-state index contributed by atoms with van der Waals surface area (Å²) in [5, 5.41) is 3.41. The van der Waals surface area contributed by atoms with E-state index in [0.717, 1.165) is 0 Å². The second-order valence-corrected chi connectivity index (χ2v) is 19.1. The summed E-state index contributed by atoms with van der Waals surface area (Å²) in [4.78, 5) is 0. The topological polar surface area (TPSA) is 9.23 Å². The van der Waals surface area contributed by atoms with E-state index in [1.807, 2.05) is 7.11 Å². The van der Waals surface area contributed by atoms with Crippen molar-refractivity contribution in [2.24, 2.45) is 5.41 Å². The average Bonchev–Trinajstić information content (AvgIpc) is 2.55. The van der Waals surface area contributed by atoms with Gasteiger partial charge in [0.1, 0.15) is 0 Å². The molecule has 0 aromatic heterocycles. The van der Waals surface area contributed by atoms with Crippen molar-refractivity contribution in [1.29, 1.82) is 0 Å². The smallest absolute Gasteiger partial charge is 0.255 e. The summed E-state index contributed by atoms with van der Waals surface area (Å²) in [6, 6.07) is 22.0. The predicted molar refractivity (Wildman–Crippen MR) is 116 cm³/mol. The predicted octanol–water partition coefficient (Wildman–Crippen LogP) is 5.08. The van der Waals surface area contributed by atoms with Gasteiger partial charge in [0.2, 0.25) is 0 Å². The van der Waals surface area contributed by atoms with Crippen LogP contribution in [0.25, 0.3) is 0 Å². The standard InChI is InChI=1S/C22H34OSi2/c1-22(2,3)18-21(24(5,6)7)25(23-4,19-14-10-8-11-15-19)20-16-12-9-13-17-20/h8-17,21H,18H2,1-7H3. The minimum Gasteiger partial charge on any atom is -0.411 e. The first-order valence-corrected chi connectivity index (χ1v) is 14.8. The normalized spacial score (nSPS) is 14.4. The van der Waals surface area contributed by atoms with E-state index < -0.39 is 16.4 Å². The van der Waals surface area contributed by atoms with E-state index in [1.165, 1.54) is 16.8 Å². The summed E-state index contributed by atoms with van der Waals surface area (Å²) in [7, 11) is -1.87. The molecule has 0 saturated heterocycles. The molecule has 25 heavy (non-hydrogen) atoms. The first-order valence-electron chi connectivity index (χ1n) is 9.27. The Morgan fingerprint density at radius 2 is 1.20 bits per heavy atom. The Morgan fingerprint density at radius 3 is 1.48 bits per heavy atom. The summed E-state index contributed by atoms with van der Waals surface area (Å²) in [6.45, 7) is 14.6. The largest absolute Gasteiger partial charge is 0.411 e. The Morgan fingerprint density at radius 1 is 0.800 bits per heavy atom. The number of hydrogen-bond acceptors (Lipinski definition) is 1. The van der Waals surface area contributed by atoms with Crippen LogP contribution in [0.4, 0.5) is 0 Å². The van der Waals surface area contributed by atoms with E-state index in [2.05, 4.69) is 101 Å². The van der Waals surface area contributed by atoms with Crippen LogP contribution < -0.4 is 10.4 Å². The molecular weight excluding hydrogens is 336 g/mol. The van der Waals surface area contributed by atoms with Crippen molar-refractivity contribution in [1.82, 2.24) is 0 Å². The maximum atomic E-state index is 6.62. The molecule has 2 rings (SSSR count). The van der Waals surface area contributed by atoms with Crippen molar-refractivity contribution in [2.45, 2.75) is 52.0 Å². The third-order valence-corrected chi connectivity index (χ3v) is 15.4. The molecule has 2 aromatic carbocycles. The van der Waals surface area contributed by atoms with Gasteiger partial charge in [-0.1, -0.05) is 101 Å². The Hall–Kier alpha value is -1.17. The first-order chi connectivity index (χ1) is 11.6. The highest BCUT2D eigenvalue weighted by Gasteiger charge is 2.52. The quantitative estimate of drug-likeness (QED) is 0.645. The van der Waals surface area contributed by atoms with Crippen LogP contribution in [0.5, 0.6) is 0 Å². The van der Waals surface area contributed by atoms with Gasteiger partial charge in [-0.15, -0.1) is 0 Å². The third-order valence-electron chi connectivity index (χ3n) is 5.08. The summed E-state index contributed by atoms with van der Waals surface area (Å²) < 4.78 is 6.62. The lowest BCUT2D eigenvalue weighted by Gasteiger charge is -2.46. The third kappa shape index (κ3) is 4.52. The minimum atomic E-state index is -2.33. The Balaban J connectivity index is 2.76. The van der Waals surface area contributed by atoms with Crippen molar-refractivity contribution >= 4 is 26.8 Å². The molecule has 3 heteroatoms. The highest BCUT2D eigenvalue weighted by molar-refractivity contribution is 7.08. The molecule has 2 aromatic rings. The fourth-order valence-corrected chi connectivity index (χ4v) is 15.6. The van der Waals surface area contributed by atoms with Gasteiger partial charge in [0, 0.05) is 15.2 Å². The van der Waals surface area contributed by atoms with Crippen molar-refractivity contribution in [2.75, 3.05) is 7.11 Å². The highest BCUT2D eigenvalue weighted by Crippen LogP contribution is 2.41. The van der Waals surface area contributed by atoms with Crippen LogP contribution in [0, 0.1) is 5.41 Å². The molecule has 1 unspecified atom stereocenters. The molecule has 0 fully saturated rings. The van der Waals surface area contributed by atoms with Crippen LogP contribution in [-0.2, 0) is 4.43 Å². The minimum absolute atomic E-state index is 0.283. The SMILES string of the molecule is CO[Si](c1ccccc1)(c1ccccc1)C(CC(C)(C)C)[Si](C)(C)C. The fourth-order valence-electron chi connectivity index (χ4n) is 3.99. The molecule has 0 aliphatic rings. The van der Waals surface area contributed by atoms with Gasteiger partial charge >= 0.3 is 0 Å². The van der Waals surface area contributed by atoms with E-state index in [0.29, 0.717) is 5.16 Å². The second-order valence-electron chi connectivity index (χ2n) is 9.36. The molecular formula is C22H34OSi2. The van der Waals surface area contributed by atoms with E-state index in [9.17, 15) is 0 Å². The molecule has 0 N–H and O–H groups in total. The van der Waals surface area contributed by atoms with E-state index in [4.69, 9.17) is 4.43 Å². The Labute approximate surface area is 156 Å². The molecule has 0 radical (unpaired) electrons. The Bertz CT molecular complexity index is 614. The molecule has 0 aliphatic carbocycles. The fraction of sp³-hybridized carbons (Fsp3) is 0.455. The van der Waals surface area contributed by atoms with E-state index in [-0.39, 0.29) is 5.41 Å². The van der Waals surface area contributed by atoms with Gasteiger partial charge in [-0.25, -0.2) is 0 Å². The maximum Gasteiger partial charge on any atom is 0.255 e. The molecule has 136 valence electrons. The van der Waals surface area contributed by atoms with E-state index in [1.54, 1.807) is 0 Å². The zero-order valence-electron chi connectivity index (χ0n) is 17.0. The van der Waals surface area contributed by atoms with Gasteiger partial charge in [-0.05, 0) is 27.4 Å². The van der Waals surface area contributed by atoms with Crippen molar-refractivity contribution in [3.63, 3.8) is 0 Å². The van der Waals surface area contributed by atoms with Gasteiger partial charge in [0.05, 0.1) is 0 Å². The van der Waals surface area contributed by atoms with Crippen molar-refractivity contribution < 1.29 is 4.43 Å². The molecule has 1 nitrogen and oxygen atoms in total. The number of hydrogen-bond donors (Lipinski definition) is 0. The molecule has 0 aliphatic heterocycles. The van der Waals surface area contributed by atoms with Crippen LogP contribution in [0.15, 0.2) is 60.7 Å². The monoisotopic (exact) mass is 370 g/mol. The summed E-state index contributed by atoms with van der Waals surface area (Å²) in [5.41, 5.74) is 0.283. The van der Waals surface area contributed by atoms with Crippen LogP contribution in [0.1, 0.15) is 27.2 Å². The lowest BCUT2D eigenvalue weighted by molar-refractivity contribution is 0.355. The summed E-state index contributed by atoms with van der Waals surface area (Å²) in [5.74, 6) is 0.